The highest BCUT2D eigenvalue weighted by atomic mass is 16.5. The summed E-state index contributed by atoms with van der Waals surface area (Å²) in [5.74, 6) is 0.704. The van der Waals surface area contributed by atoms with Gasteiger partial charge in [-0.2, -0.15) is 0 Å². The van der Waals surface area contributed by atoms with Gasteiger partial charge in [-0.3, -0.25) is 4.79 Å². The Kier molecular flexibility index (Phi) is 4.20. The highest BCUT2D eigenvalue weighted by Gasteiger charge is 2.16. The lowest BCUT2D eigenvalue weighted by molar-refractivity contribution is 0.0678. The first-order valence-corrected chi connectivity index (χ1v) is 6.23. The summed E-state index contributed by atoms with van der Waals surface area (Å²) in [7, 11) is 3.48. The highest BCUT2D eigenvalue weighted by molar-refractivity contribution is 5.94. The molecule has 0 aromatic heterocycles. The summed E-state index contributed by atoms with van der Waals surface area (Å²) in [6, 6.07) is 7.27. The van der Waals surface area contributed by atoms with Crippen molar-refractivity contribution in [3.05, 3.63) is 29.8 Å². The van der Waals surface area contributed by atoms with Crippen molar-refractivity contribution in [1.82, 2.24) is 4.90 Å². The fraction of sp³-hybridized carbons (Fsp3) is 0.500. The Morgan fingerprint density at radius 1 is 1.50 bits per heavy atom. The van der Waals surface area contributed by atoms with Crippen LogP contribution in [0, 0.1) is 0 Å². The Hall–Kier alpha value is -1.55. The number of benzene rings is 1. The second kappa shape index (κ2) is 5.87. The minimum absolute atomic E-state index is 0.0161. The van der Waals surface area contributed by atoms with Crippen molar-refractivity contribution in [3.8, 4) is 5.75 Å². The van der Waals surface area contributed by atoms with Crippen LogP contribution in [-0.4, -0.2) is 44.2 Å². The molecule has 2 rings (SSSR count). The van der Waals surface area contributed by atoms with E-state index in [-0.39, 0.29) is 12.0 Å². The van der Waals surface area contributed by atoms with E-state index in [0.717, 1.165) is 25.2 Å². The number of carbonyl (C=O) groups is 1. The Bertz CT molecular complexity index is 411. The van der Waals surface area contributed by atoms with Gasteiger partial charge in [0.2, 0.25) is 0 Å². The van der Waals surface area contributed by atoms with Gasteiger partial charge >= 0.3 is 0 Å². The van der Waals surface area contributed by atoms with E-state index in [0.29, 0.717) is 12.2 Å². The minimum Gasteiger partial charge on any atom is -0.491 e. The maximum atomic E-state index is 11.8. The molecule has 18 heavy (non-hydrogen) atoms. The van der Waals surface area contributed by atoms with E-state index in [1.54, 1.807) is 31.1 Å². The van der Waals surface area contributed by atoms with Crippen LogP contribution in [0.15, 0.2) is 24.3 Å². The quantitative estimate of drug-likeness (QED) is 0.818. The predicted molar refractivity (Wildman–Crippen MR) is 68.9 cm³/mol. The molecular weight excluding hydrogens is 230 g/mol. The van der Waals surface area contributed by atoms with Gasteiger partial charge in [-0.15, -0.1) is 0 Å². The van der Waals surface area contributed by atoms with E-state index >= 15 is 0 Å². The number of rotatable bonds is 4. The average Bonchev–Trinajstić information content (AvgIpc) is 2.89. The van der Waals surface area contributed by atoms with Gasteiger partial charge in [0.25, 0.3) is 5.91 Å². The van der Waals surface area contributed by atoms with Gasteiger partial charge in [-0.25, -0.2) is 0 Å². The normalized spacial score (nSPS) is 18.7. The van der Waals surface area contributed by atoms with Crippen LogP contribution < -0.4 is 4.74 Å². The lowest BCUT2D eigenvalue weighted by Gasteiger charge is -2.13. The van der Waals surface area contributed by atoms with Gasteiger partial charge in [-0.05, 0) is 31.0 Å². The van der Waals surface area contributed by atoms with E-state index in [1.807, 2.05) is 12.1 Å². The Morgan fingerprint density at radius 3 is 3.00 bits per heavy atom. The van der Waals surface area contributed by atoms with Crippen LogP contribution in [0.25, 0.3) is 0 Å². The number of carbonyl (C=O) groups excluding carboxylic acids is 1. The van der Waals surface area contributed by atoms with Crippen LogP contribution in [0.1, 0.15) is 23.2 Å². The van der Waals surface area contributed by atoms with Crippen LogP contribution >= 0.6 is 0 Å². The van der Waals surface area contributed by atoms with Crippen molar-refractivity contribution >= 4 is 5.91 Å². The van der Waals surface area contributed by atoms with Crippen LogP contribution in [0.2, 0.25) is 0 Å². The van der Waals surface area contributed by atoms with E-state index in [9.17, 15) is 4.79 Å². The summed E-state index contributed by atoms with van der Waals surface area (Å²) in [5.41, 5.74) is 0.643. The molecule has 1 fully saturated rings. The molecular formula is C14H19NO3. The third-order valence-electron chi connectivity index (χ3n) is 2.95. The average molecular weight is 249 g/mol. The molecule has 4 heteroatoms. The van der Waals surface area contributed by atoms with Crippen molar-refractivity contribution in [3.63, 3.8) is 0 Å². The second-order valence-corrected chi connectivity index (χ2v) is 4.67. The first kappa shape index (κ1) is 12.9. The predicted octanol–water partition coefficient (Wildman–Crippen LogP) is 1.95. The SMILES string of the molecule is CN(C)C(=O)c1cccc(OC[C@@H]2CCCO2)c1. The molecule has 1 aliphatic heterocycles. The molecule has 1 saturated heterocycles. The van der Waals surface area contributed by atoms with Crippen LogP contribution in [0.5, 0.6) is 5.75 Å². The largest absolute Gasteiger partial charge is 0.491 e. The van der Waals surface area contributed by atoms with Gasteiger partial charge in [0.1, 0.15) is 12.4 Å². The molecule has 0 aliphatic carbocycles. The van der Waals surface area contributed by atoms with Gasteiger partial charge in [-0.1, -0.05) is 6.07 Å². The molecule has 1 aliphatic rings. The first-order chi connectivity index (χ1) is 8.66. The van der Waals surface area contributed by atoms with E-state index in [2.05, 4.69) is 0 Å². The molecule has 98 valence electrons. The number of amides is 1. The van der Waals surface area contributed by atoms with Crippen molar-refractivity contribution in [2.75, 3.05) is 27.3 Å². The van der Waals surface area contributed by atoms with Crippen LogP contribution in [0.3, 0.4) is 0 Å². The summed E-state index contributed by atoms with van der Waals surface area (Å²) in [6.45, 7) is 1.38. The smallest absolute Gasteiger partial charge is 0.253 e. The summed E-state index contributed by atoms with van der Waals surface area (Å²) >= 11 is 0. The van der Waals surface area contributed by atoms with Gasteiger partial charge in [0.15, 0.2) is 0 Å². The number of nitrogens with zero attached hydrogens (tertiary/aromatic N) is 1. The van der Waals surface area contributed by atoms with E-state index < -0.39 is 0 Å². The third-order valence-corrected chi connectivity index (χ3v) is 2.95. The van der Waals surface area contributed by atoms with Gasteiger partial charge < -0.3 is 14.4 Å². The lowest BCUT2D eigenvalue weighted by Crippen LogP contribution is -2.21. The molecule has 0 N–H and O–H groups in total. The lowest BCUT2D eigenvalue weighted by atomic mass is 10.2. The fourth-order valence-electron chi connectivity index (χ4n) is 1.94. The zero-order valence-electron chi connectivity index (χ0n) is 10.9. The Morgan fingerprint density at radius 2 is 2.33 bits per heavy atom. The zero-order valence-corrected chi connectivity index (χ0v) is 10.9. The van der Waals surface area contributed by atoms with Crippen LogP contribution in [0.4, 0.5) is 0 Å². The molecule has 1 aromatic carbocycles. The molecule has 0 saturated carbocycles. The molecule has 1 atom stereocenters. The molecule has 0 radical (unpaired) electrons. The monoisotopic (exact) mass is 249 g/mol. The topological polar surface area (TPSA) is 38.8 Å². The fourth-order valence-corrected chi connectivity index (χ4v) is 1.94. The molecule has 4 nitrogen and oxygen atoms in total. The van der Waals surface area contributed by atoms with Crippen LogP contribution in [-0.2, 0) is 4.74 Å². The summed E-state index contributed by atoms with van der Waals surface area (Å²) < 4.78 is 11.2. The standard InChI is InChI=1S/C14H19NO3/c1-15(2)14(16)11-5-3-6-12(9-11)18-10-13-7-4-8-17-13/h3,5-6,9,13H,4,7-8,10H2,1-2H3/t13-/m0/s1. The summed E-state index contributed by atoms with van der Waals surface area (Å²) in [4.78, 5) is 13.4. The third kappa shape index (κ3) is 3.23. The maximum Gasteiger partial charge on any atom is 0.253 e. The van der Waals surface area contributed by atoms with Crippen molar-refractivity contribution in [1.29, 1.82) is 0 Å². The van der Waals surface area contributed by atoms with Crippen molar-refractivity contribution in [2.45, 2.75) is 18.9 Å². The summed E-state index contributed by atoms with van der Waals surface area (Å²) in [5, 5.41) is 0. The Balaban J connectivity index is 1.96. The zero-order chi connectivity index (χ0) is 13.0. The molecule has 1 heterocycles. The molecule has 1 amide bonds. The highest BCUT2D eigenvalue weighted by Crippen LogP contribution is 2.17. The number of hydrogen-bond donors (Lipinski definition) is 0. The number of ether oxygens (including phenoxy) is 2. The Labute approximate surface area is 107 Å². The number of hydrogen-bond acceptors (Lipinski definition) is 3. The molecule has 0 bridgehead atoms. The summed E-state index contributed by atoms with van der Waals surface area (Å²) in [6.07, 6.45) is 2.35. The minimum atomic E-state index is -0.0161. The maximum absolute atomic E-state index is 11.8. The van der Waals surface area contributed by atoms with Gasteiger partial charge in [0.05, 0.1) is 6.10 Å². The van der Waals surface area contributed by atoms with Crippen molar-refractivity contribution in [2.24, 2.45) is 0 Å². The molecule has 0 spiro atoms. The molecule has 0 unspecified atom stereocenters. The van der Waals surface area contributed by atoms with Crippen molar-refractivity contribution < 1.29 is 14.3 Å². The van der Waals surface area contributed by atoms with E-state index in [4.69, 9.17) is 9.47 Å². The van der Waals surface area contributed by atoms with E-state index in [1.165, 1.54) is 0 Å². The molecule has 1 aromatic rings. The second-order valence-electron chi connectivity index (χ2n) is 4.67. The first-order valence-electron chi connectivity index (χ1n) is 6.23. The van der Waals surface area contributed by atoms with Gasteiger partial charge in [0, 0.05) is 26.3 Å².